The van der Waals surface area contributed by atoms with Crippen LogP contribution in [0.4, 0.5) is 0 Å². The largest absolute Gasteiger partial charge is 0.459 e. The van der Waals surface area contributed by atoms with Gasteiger partial charge in [-0.05, 0) is 79.3 Å². The molecule has 15 heteroatoms. The highest BCUT2D eigenvalue weighted by molar-refractivity contribution is 6.31. The number of ether oxygens (including phenoxy) is 2. The minimum absolute atomic E-state index is 0.0185. The summed E-state index contributed by atoms with van der Waals surface area (Å²) in [5, 5.41) is 19.4. The summed E-state index contributed by atoms with van der Waals surface area (Å²) < 4.78 is 13.0. The highest BCUT2D eigenvalue weighted by Crippen LogP contribution is 2.32. The molecule has 0 aromatic heterocycles. The number of benzene rings is 2. The number of carbonyl (C=O) groups is 5. The first kappa shape index (κ1) is 45.7. The second-order valence-corrected chi connectivity index (χ2v) is 16.6. The van der Waals surface area contributed by atoms with Gasteiger partial charge in [-0.15, -0.1) is 11.6 Å². The zero-order valence-electron chi connectivity index (χ0n) is 32.4. The van der Waals surface area contributed by atoms with Crippen LogP contribution in [0.25, 0.3) is 0 Å². The van der Waals surface area contributed by atoms with Gasteiger partial charge in [-0.25, -0.2) is 9.21 Å². The van der Waals surface area contributed by atoms with Gasteiger partial charge in [-0.1, -0.05) is 74.8 Å². The van der Waals surface area contributed by atoms with Gasteiger partial charge in [0.25, 0.3) is 0 Å². The van der Waals surface area contributed by atoms with Crippen molar-refractivity contribution in [1.29, 1.82) is 0 Å². The first-order chi connectivity index (χ1) is 25.8. The molecule has 3 rings (SSSR count). The number of alkyl halides is 1. The SMILES string of the molecule is Cc1ccc(CC2NC(=O)/C=C/CC(C(C)C(O)C(Cl)c3ccc(CNC(=O)CN(C)Cl)cc3)OC(=O)C(CC(C)C)OC(=O)C(C)(C)CNC2=O)cc1Cl. The van der Waals surface area contributed by atoms with E-state index in [9.17, 15) is 29.1 Å². The highest BCUT2D eigenvalue weighted by atomic mass is 35.5. The Kier molecular flexibility index (Phi) is 17.5. The van der Waals surface area contributed by atoms with Crippen molar-refractivity contribution in [3.63, 3.8) is 0 Å². The lowest BCUT2D eigenvalue weighted by Crippen LogP contribution is -2.51. The normalized spacial score (nSPS) is 22.2. The van der Waals surface area contributed by atoms with E-state index in [0.717, 1.165) is 11.1 Å². The lowest BCUT2D eigenvalue weighted by Gasteiger charge is -2.32. The third kappa shape index (κ3) is 14.4. The third-order valence-electron chi connectivity index (χ3n) is 9.24. The molecule has 55 heavy (non-hydrogen) atoms. The summed E-state index contributed by atoms with van der Waals surface area (Å²) in [5.41, 5.74) is 1.69. The number of halogens is 3. The maximum absolute atomic E-state index is 13.7. The van der Waals surface area contributed by atoms with Gasteiger partial charge >= 0.3 is 11.9 Å². The number of hydrogen-bond acceptors (Lipinski definition) is 9. The van der Waals surface area contributed by atoms with Crippen LogP contribution >= 0.6 is 35.0 Å². The van der Waals surface area contributed by atoms with E-state index in [1.807, 2.05) is 32.9 Å². The molecule has 4 N–H and O–H groups in total. The van der Waals surface area contributed by atoms with Crippen LogP contribution in [-0.2, 0) is 46.4 Å². The average molecular weight is 824 g/mol. The number of amides is 3. The molecule has 6 unspecified atom stereocenters. The summed E-state index contributed by atoms with van der Waals surface area (Å²) in [5.74, 6) is -3.74. The molecule has 6 atom stereocenters. The van der Waals surface area contributed by atoms with E-state index in [1.54, 1.807) is 58.2 Å². The maximum atomic E-state index is 13.7. The Morgan fingerprint density at radius 2 is 1.71 bits per heavy atom. The molecule has 302 valence electrons. The summed E-state index contributed by atoms with van der Waals surface area (Å²) >= 11 is 18.9. The molecule has 1 aliphatic heterocycles. The topological polar surface area (TPSA) is 163 Å². The van der Waals surface area contributed by atoms with Gasteiger partial charge in [-0.3, -0.25) is 19.2 Å². The van der Waals surface area contributed by atoms with Crippen LogP contribution in [-0.4, -0.2) is 83.7 Å². The van der Waals surface area contributed by atoms with Crippen molar-refractivity contribution in [3.8, 4) is 0 Å². The highest BCUT2D eigenvalue weighted by Gasteiger charge is 2.38. The number of rotatable bonds is 12. The number of cyclic esters (lactones) is 2. The molecule has 0 fully saturated rings. The van der Waals surface area contributed by atoms with E-state index in [4.69, 9.17) is 44.5 Å². The van der Waals surface area contributed by atoms with E-state index in [2.05, 4.69) is 16.0 Å². The predicted molar refractivity (Wildman–Crippen MR) is 212 cm³/mol. The second kappa shape index (κ2) is 21.0. The quantitative estimate of drug-likeness (QED) is 0.126. The third-order valence-corrected chi connectivity index (χ3v) is 10.3. The van der Waals surface area contributed by atoms with Gasteiger partial charge in [0, 0.05) is 43.9 Å². The predicted octanol–water partition coefficient (Wildman–Crippen LogP) is 5.33. The van der Waals surface area contributed by atoms with Crippen molar-refractivity contribution >= 4 is 64.6 Å². The van der Waals surface area contributed by atoms with Crippen LogP contribution in [0.1, 0.15) is 75.1 Å². The van der Waals surface area contributed by atoms with Crippen LogP contribution in [0.5, 0.6) is 0 Å². The first-order valence-electron chi connectivity index (χ1n) is 18.2. The summed E-state index contributed by atoms with van der Waals surface area (Å²) in [7, 11) is 1.57. The van der Waals surface area contributed by atoms with Crippen LogP contribution < -0.4 is 16.0 Å². The maximum Gasteiger partial charge on any atom is 0.347 e. The van der Waals surface area contributed by atoms with E-state index in [1.165, 1.54) is 16.6 Å². The van der Waals surface area contributed by atoms with E-state index < -0.39 is 64.8 Å². The molecule has 0 saturated heterocycles. The zero-order chi connectivity index (χ0) is 41.0. The molecule has 0 bridgehead atoms. The number of nitrogens with zero attached hydrogens (tertiary/aromatic N) is 1. The van der Waals surface area contributed by atoms with Crippen molar-refractivity contribution in [1.82, 2.24) is 20.4 Å². The van der Waals surface area contributed by atoms with Crippen molar-refractivity contribution in [2.24, 2.45) is 17.3 Å². The molecular formula is C40H53Cl3N4O8. The smallest absolute Gasteiger partial charge is 0.347 e. The van der Waals surface area contributed by atoms with Crippen molar-refractivity contribution < 1.29 is 38.6 Å². The van der Waals surface area contributed by atoms with Crippen LogP contribution in [0.15, 0.2) is 54.6 Å². The Bertz CT molecular complexity index is 1680. The zero-order valence-corrected chi connectivity index (χ0v) is 34.6. The molecule has 1 heterocycles. The molecular weight excluding hydrogens is 771 g/mol. The number of esters is 2. The number of hydrogen-bond donors (Lipinski definition) is 4. The Hall–Kier alpha value is -3.68. The molecule has 1 aliphatic rings. The van der Waals surface area contributed by atoms with Crippen LogP contribution in [0.2, 0.25) is 5.02 Å². The summed E-state index contributed by atoms with van der Waals surface area (Å²) in [6.45, 7) is 10.6. The Balaban J connectivity index is 1.89. The minimum Gasteiger partial charge on any atom is -0.459 e. The molecule has 0 aliphatic carbocycles. The van der Waals surface area contributed by atoms with Gasteiger partial charge < -0.3 is 30.5 Å². The molecule has 12 nitrogen and oxygen atoms in total. The van der Waals surface area contributed by atoms with Gasteiger partial charge in [0.2, 0.25) is 17.7 Å². The Morgan fingerprint density at radius 1 is 1.05 bits per heavy atom. The van der Waals surface area contributed by atoms with Gasteiger partial charge in [-0.2, -0.15) is 0 Å². The molecule has 0 saturated carbocycles. The number of aliphatic hydroxyl groups is 1. The van der Waals surface area contributed by atoms with Crippen molar-refractivity contribution in [2.75, 3.05) is 20.1 Å². The fraction of sp³-hybridized carbons (Fsp3) is 0.525. The Morgan fingerprint density at radius 3 is 2.33 bits per heavy atom. The van der Waals surface area contributed by atoms with Crippen LogP contribution in [0.3, 0.4) is 0 Å². The first-order valence-corrected chi connectivity index (χ1v) is 19.4. The lowest BCUT2D eigenvalue weighted by molar-refractivity contribution is -0.180. The standard InChI is InChI=1S/C40H53Cl3N4O8/c1-23(2)17-32-38(52)54-31(25(4)36(50)35(42)28-15-13-26(14-16-28)20-44-34(49)21-47(7)43)9-8-10-33(48)46-30(19-27-12-11-24(3)29(41)18-27)37(51)45-22-40(5,6)39(53)55-32/h8,10-16,18,23,25,30-32,35-36,50H,9,17,19-22H2,1-7H3,(H,44,49)(H,45,51)(H,46,48)/b10-8+. The Labute approximate surface area is 338 Å². The molecule has 0 radical (unpaired) electrons. The minimum atomic E-state index is -1.28. The molecule has 0 spiro atoms. The second-order valence-electron chi connectivity index (χ2n) is 15.1. The van der Waals surface area contributed by atoms with E-state index in [0.29, 0.717) is 16.1 Å². The molecule has 3 amide bonds. The average Bonchev–Trinajstić information content (AvgIpc) is 3.11. The fourth-order valence-electron chi connectivity index (χ4n) is 5.70. The number of carbonyl (C=O) groups excluding carboxylic acids is 5. The van der Waals surface area contributed by atoms with E-state index >= 15 is 0 Å². The van der Waals surface area contributed by atoms with E-state index in [-0.39, 0.29) is 50.7 Å². The fourth-order valence-corrected chi connectivity index (χ4v) is 6.39. The van der Waals surface area contributed by atoms with Crippen molar-refractivity contribution in [2.45, 2.75) is 97.1 Å². The number of likely N-dealkylation sites (N-methyl/N-ethyl adjacent to an activating group) is 1. The summed E-state index contributed by atoms with van der Waals surface area (Å²) in [6.07, 6.45) is -0.542. The summed E-state index contributed by atoms with van der Waals surface area (Å²) in [4.78, 5) is 66.0. The molecule has 2 aromatic carbocycles. The number of nitrogens with one attached hydrogen (secondary N) is 3. The van der Waals surface area contributed by atoms with Gasteiger partial charge in [0.05, 0.1) is 23.4 Å². The monoisotopic (exact) mass is 822 g/mol. The molecule has 2 aromatic rings. The van der Waals surface area contributed by atoms with Gasteiger partial charge in [0.1, 0.15) is 12.1 Å². The number of aryl methyl sites for hydroxylation is 1. The lowest BCUT2D eigenvalue weighted by atomic mass is 9.90. The summed E-state index contributed by atoms with van der Waals surface area (Å²) in [6, 6.07) is 11.4. The number of aliphatic hydroxyl groups excluding tert-OH is 1. The van der Waals surface area contributed by atoms with Gasteiger partial charge in [0.15, 0.2) is 6.10 Å². The van der Waals surface area contributed by atoms with Crippen molar-refractivity contribution in [3.05, 3.63) is 81.9 Å². The van der Waals surface area contributed by atoms with Crippen LogP contribution in [0, 0.1) is 24.2 Å².